The first-order chi connectivity index (χ1) is 16.1. The summed E-state index contributed by atoms with van der Waals surface area (Å²) in [6.07, 6.45) is 1.57. The SMILES string of the molecule is COC(=O)c1cc(-c2ccco2)nc2c1c(C)nn2Cc1ccc(Oc2ccccc2)cc1. The number of ether oxygens (including phenoxy) is 2. The topological polar surface area (TPSA) is 79.4 Å². The number of fused-ring (bicyclic) bond motifs is 1. The summed E-state index contributed by atoms with van der Waals surface area (Å²) >= 11 is 0. The average molecular weight is 439 g/mol. The fraction of sp³-hybridized carbons (Fsp3) is 0.115. The maximum Gasteiger partial charge on any atom is 0.338 e. The number of aryl methyl sites for hydroxylation is 1. The van der Waals surface area contributed by atoms with Crippen LogP contribution in [-0.2, 0) is 11.3 Å². The number of para-hydroxylation sites is 1. The molecule has 0 aliphatic carbocycles. The highest BCUT2D eigenvalue weighted by Gasteiger charge is 2.21. The molecule has 0 aliphatic heterocycles. The third-order valence-corrected chi connectivity index (χ3v) is 5.29. The first-order valence-electron chi connectivity index (χ1n) is 10.4. The molecule has 0 saturated carbocycles. The number of hydrogen-bond acceptors (Lipinski definition) is 6. The second kappa shape index (κ2) is 8.63. The first kappa shape index (κ1) is 20.5. The van der Waals surface area contributed by atoms with Crippen molar-refractivity contribution >= 4 is 17.0 Å². The lowest BCUT2D eigenvalue weighted by Crippen LogP contribution is -2.06. The summed E-state index contributed by atoms with van der Waals surface area (Å²) in [5.41, 5.74) is 3.26. The molecule has 3 heterocycles. The zero-order valence-corrected chi connectivity index (χ0v) is 18.2. The highest BCUT2D eigenvalue weighted by atomic mass is 16.5. The fourth-order valence-electron chi connectivity index (χ4n) is 3.75. The van der Waals surface area contributed by atoms with E-state index in [0.29, 0.717) is 40.3 Å². The van der Waals surface area contributed by atoms with Crippen molar-refractivity contribution in [2.45, 2.75) is 13.5 Å². The molecule has 0 radical (unpaired) electrons. The van der Waals surface area contributed by atoms with Gasteiger partial charge < -0.3 is 13.9 Å². The van der Waals surface area contributed by atoms with Gasteiger partial charge in [-0.15, -0.1) is 0 Å². The third kappa shape index (κ3) is 4.08. The Hall–Kier alpha value is -4.39. The van der Waals surface area contributed by atoms with Gasteiger partial charge in [0.2, 0.25) is 0 Å². The summed E-state index contributed by atoms with van der Waals surface area (Å²) in [7, 11) is 1.36. The summed E-state index contributed by atoms with van der Waals surface area (Å²) in [5, 5.41) is 5.33. The Morgan fingerprint density at radius 1 is 1.00 bits per heavy atom. The van der Waals surface area contributed by atoms with Crippen molar-refractivity contribution in [1.82, 2.24) is 14.8 Å². The van der Waals surface area contributed by atoms with Gasteiger partial charge in [-0.2, -0.15) is 5.10 Å². The molecule has 0 aliphatic rings. The Balaban J connectivity index is 1.50. The van der Waals surface area contributed by atoms with Crippen molar-refractivity contribution in [1.29, 1.82) is 0 Å². The van der Waals surface area contributed by atoms with E-state index in [1.165, 1.54) is 7.11 Å². The maximum atomic E-state index is 12.5. The lowest BCUT2D eigenvalue weighted by atomic mass is 10.1. The van der Waals surface area contributed by atoms with E-state index < -0.39 is 5.97 Å². The Labute approximate surface area is 190 Å². The Morgan fingerprint density at radius 2 is 1.76 bits per heavy atom. The number of nitrogens with zero attached hydrogens (tertiary/aromatic N) is 3. The number of hydrogen-bond donors (Lipinski definition) is 0. The van der Waals surface area contributed by atoms with Crippen LogP contribution in [0.25, 0.3) is 22.5 Å². The molecule has 0 saturated heterocycles. The average Bonchev–Trinajstić information content (AvgIpc) is 3.49. The van der Waals surface area contributed by atoms with Crippen molar-refractivity contribution in [2.75, 3.05) is 7.11 Å². The number of benzene rings is 2. The molecule has 7 heteroatoms. The minimum absolute atomic E-state index is 0.407. The van der Waals surface area contributed by atoms with E-state index in [1.807, 2.05) is 61.5 Å². The van der Waals surface area contributed by atoms with Crippen LogP contribution in [0.3, 0.4) is 0 Å². The molecule has 5 aromatic rings. The molecule has 5 rings (SSSR count). The van der Waals surface area contributed by atoms with E-state index in [2.05, 4.69) is 5.10 Å². The number of esters is 1. The number of furan rings is 1. The van der Waals surface area contributed by atoms with Gasteiger partial charge in [0.15, 0.2) is 11.4 Å². The van der Waals surface area contributed by atoms with E-state index in [-0.39, 0.29) is 0 Å². The van der Waals surface area contributed by atoms with Gasteiger partial charge in [-0.05, 0) is 55.0 Å². The summed E-state index contributed by atoms with van der Waals surface area (Å²) in [6.45, 7) is 2.33. The van der Waals surface area contributed by atoms with Crippen LogP contribution in [0.2, 0.25) is 0 Å². The zero-order valence-electron chi connectivity index (χ0n) is 18.2. The number of methoxy groups -OCH3 is 1. The Bertz CT molecular complexity index is 1410. The Kier molecular flexibility index (Phi) is 5.36. The summed E-state index contributed by atoms with van der Waals surface area (Å²) in [4.78, 5) is 17.3. The number of carbonyl (C=O) groups is 1. The quantitative estimate of drug-likeness (QED) is 0.319. The number of pyridine rings is 1. The van der Waals surface area contributed by atoms with Crippen molar-refractivity contribution < 1.29 is 18.7 Å². The predicted molar refractivity (Wildman–Crippen MR) is 123 cm³/mol. The molecule has 0 bridgehead atoms. The van der Waals surface area contributed by atoms with E-state index in [0.717, 1.165) is 17.1 Å². The van der Waals surface area contributed by atoms with Crippen molar-refractivity contribution in [2.24, 2.45) is 0 Å². The normalized spacial score (nSPS) is 11.0. The van der Waals surface area contributed by atoms with Gasteiger partial charge in [-0.3, -0.25) is 0 Å². The molecule has 0 amide bonds. The minimum Gasteiger partial charge on any atom is -0.465 e. The smallest absolute Gasteiger partial charge is 0.338 e. The fourth-order valence-corrected chi connectivity index (χ4v) is 3.75. The zero-order chi connectivity index (χ0) is 22.8. The lowest BCUT2D eigenvalue weighted by molar-refractivity contribution is 0.0603. The molecular formula is C26H21N3O4. The van der Waals surface area contributed by atoms with Gasteiger partial charge in [-0.25, -0.2) is 14.5 Å². The van der Waals surface area contributed by atoms with E-state index in [4.69, 9.17) is 18.9 Å². The van der Waals surface area contributed by atoms with Gasteiger partial charge >= 0.3 is 5.97 Å². The number of aromatic nitrogens is 3. The highest BCUT2D eigenvalue weighted by molar-refractivity contribution is 6.04. The van der Waals surface area contributed by atoms with Crippen LogP contribution in [-0.4, -0.2) is 27.8 Å². The van der Waals surface area contributed by atoms with Crippen LogP contribution >= 0.6 is 0 Å². The molecule has 0 N–H and O–H groups in total. The summed E-state index contributed by atoms with van der Waals surface area (Å²) < 4.78 is 18.2. The van der Waals surface area contributed by atoms with Crippen molar-refractivity contribution in [3.05, 3.63) is 95.9 Å². The van der Waals surface area contributed by atoms with Crippen LogP contribution in [0.5, 0.6) is 11.5 Å². The van der Waals surface area contributed by atoms with Crippen molar-refractivity contribution in [3.8, 4) is 23.0 Å². The van der Waals surface area contributed by atoms with E-state index in [9.17, 15) is 4.79 Å². The van der Waals surface area contributed by atoms with Crippen LogP contribution in [0.1, 0.15) is 21.6 Å². The third-order valence-electron chi connectivity index (χ3n) is 5.29. The molecular weight excluding hydrogens is 418 g/mol. The summed E-state index contributed by atoms with van der Waals surface area (Å²) in [6, 6.07) is 22.7. The predicted octanol–water partition coefficient (Wildman–Crippen LogP) is 5.63. The molecule has 2 aromatic carbocycles. The van der Waals surface area contributed by atoms with Gasteiger partial charge in [-0.1, -0.05) is 30.3 Å². The molecule has 3 aromatic heterocycles. The molecule has 33 heavy (non-hydrogen) atoms. The molecule has 164 valence electrons. The van der Waals surface area contributed by atoms with E-state index in [1.54, 1.807) is 29.1 Å². The standard InChI is InChI=1S/C26H21N3O4/c1-17-24-21(26(30)31-2)15-22(23-9-6-14-32-23)27-25(24)29(28-17)16-18-10-12-20(13-11-18)33-19-7-4-3-5-8-19/h3-15H,16H2,1-2H3. The Morgan fingerprint density at radius 3 is 2.45 bits per heavy atom. The van der Waals surface area contributed by atoms with Crippen LogP contribution in [0.15, 0.2) is 83.5 Å². The van der Waals surface area contributed by atoms with Crippen LogP contribution < -0.4 is 4.74 Å². The van der Waals surface area contributed by atoms with E-state index >= 15 is 0 Å². The first-order valence-corrected chi connectivity index (χ1v) is 10.4. The number of rotatable bonds is 6. The molecule has 7 nitrogen and oxygen atoms in total. The molecule has 0 fully saturated rings. The second-order valence-corrected chi connectivity index (χ2v) is 7.52. The van der Waals surface area contributed by atoms with Gasteiger partial charge in [0, 0.05) is 0 Å². The van der Waals surface area contributed by atoms with Crippen LogP contribution in [0, 0.1) is 6.92 Å². The lowest BCUT2D eigenvalue weighted by Gasteiger charge is -2.08. The van der Waals surface area contributed by atoms with Gasteiger partial charge in [0.25, 0.3) is 0 Å². The largest absolute Gasteiger partial charge is 0.465 e. The number of carbonyl (C=O) groups excluding carboxylic acids is 1. The van der Waals surface area contributed by atoms with Gasteiger partial charge in [0.05, 0.1) is 36.6 Å². The maximum absolute atomic E-state index is 12.5. The van der Waals surface area contributed by atoms with Crippen molar-refractivity contribution in [3.63, 3.8) is 0 Å². The summed E-state index contributed by atoms with van der Waals surface area (Å²) in [5.74, 6) is 1.65. The minimum atomic E-state index is -0.444. The molecule has 0 atom stereocenters. The highest BCUT2D eigenvalue weighted by Crippen LogP contribution is 2.29. The van der Waals surface area contributed by atoms with Gasteiger partial charge in [0.1, 0.15) is 17.2 Å². The second-order valence-electron chi connectivity index (χ2n) is 7.52. The molecule has 0 spiro atoms. The molecule has 0 unspecified atom stereocenters. The monoisotopic (exact) mass is 439 g/mol. The van der Waals surface area contributed by atoms with Crippen LogP contribution in [0.4, 0.5) is 0 Å².